The third kappa shape index (κ3) is 4.39. The summed E-state index contributed by atoms with van der Waals surface area (Å²) in [6, 6.07) is 4.35. The Morgan fingerprint density at radius 2 is 2.08 bits per heavy atom. The molecule has 0 bridgehead atoms. The van der Waals surface area contributed by atoms with Crippen molar-refractivity contribution in [2.45, 2.75) is 33.2 Å². The van der Waals surface area contributed by atoms with Crippen LogP contribution in [0.4, 0.5) is 4.39 Å². The summed E-state index contributed by atoms with van der Waals surface area (Å²) in [5.41, 5.74) is 0.984. The van der Waals surface area contributed by atoms with Gasteiger partial charge in [0, 0.05) is 22.7 Å². The highest BCUT2D eigenvalue weighted by molar-refractivity contribution is 6.31. The number of rotatable bonds is 7. The van der Waals surface area contributed by atoms with E-state index < -0.39 is 24.1 Å². The Hall–Kier alpha value is -2.34. The number of hydrogen-bond donors (Lipinski definition) is 1. The molecule has 2 rings (SSSR count). The molecule has 0 spiro atoms. The van der Waals surface area contributed by atoms with Crippen LogP contribution in [0.3, 0.4) is 0 Å². The summed E-state index contributed by atoms with van der Waals surface area (Å²) < 4.78 is 19.3. The quantitative estimate of drug-likeness (QED) is 0.801. The number of aryl methyl sites for hydroxylation is 1. The number of carbonyl (C=O) groups excluding carboxylic acids is 1. The molecular formula is C18H19ClFNO4. The predicted octanol–water partition coefficient (Wildman–Crippen LogP) is 4.06. The van der Waals surface area contributed by atoms with E-state index in [9.17, 15) is 14.0 Å². The smallest absolute Gasteiger partial charge is 0.311 e. The van der Waals surface area contributed by atoms with E-state index in [4.69, 9.17) is 21.1 Å². The minimum atomic E-state index is -1.09. The van der Waals surface area contributed by atoms with Crippen molar-refractivity contribution in [1.29, 1.82) is 0 Å². The largest absolute Gasteiger partial charge is 0.481 e. The second kappa shape index (κ2) is 8.16. The van der Waals surface area contributed by atoms with Gasteiger partial charge in [-0.2, -0.15) is 0 Å². The fraction of sp³-hybridized carbons (Fsp3) is 0.333. The fourth-order valence-electron chi connectivity index (χ4n) is 2.61. The monoisotopic (exact) mass is 367 g/mol. The molecule has 0 radical (unpaired) electrons. The van der Waals surface area contributed by atoms with Crippen molar-refractivity contribution < 1.29 is 23.5 Å². The van der Waals surface area contributed by atoms with Crippen molar-refractivity contribution in [1.82, 2.24) is 4.90 Å². The minimum absolute atomic E-state index is 0.00465. The van der Waals surface area contributed by atoms with Crippen LogP contribution in [0, 0.1) is 12.7 Å². The Balaban J connectivity index is 2.36. The normalized spacial score (nSPS) is 10.7. The van der Waals surface area contributed by atoms with E-state index >= 15 is 0 Å². The van der Waals surface area contributed by atoms with Crippen LogP contribution < -0.4 is 0 Å². The topological polar surface area (TPSA) is 70.8 Å². The summed E-state index contributed by atoms with van der Waals surface area (Å²) in [7, 11) is 0. The fourth-order valence-corrected chi connectivity index (χ4v) is 2.83. The molecule has 134 valence electrons. The average molecular weight is 368 g/mol. The van der Waals surface area contributed by atoms with Gasteiger partial charge < -0.3 is 14.4 Å². The van der Waals surface area contributed by atoms with Gasteiger partial charge >= 0.3 is 5.97 Å². The van der Waals surface area contributed by atoms with Gasteiger partial charge in [0.05, 0.1) is 18.4 Å². The van der Waals surface area contributed by atoms with Gasteiger partial charge in [0.2, 0.25) is 0 Å². The Morgan fingerprint density at radius 3 is 2.68 bits per heavy atom. The maximum atomic E-state index is 14.1. The molecule has 7 heteroatoms. The lowest BCUT2D eigenvalue weighted by atomic mass is 10.1. The average Bonchev–Trinajstić information content (AvgIpc) is 2.89. The van der Waals surface area contributed by atoms with Crippen molar-refractivity contribution in [3.8, 4) is 0 Å². The molecule has 1 N–H and O–H groups in total. The summed E-state index contributed by atoms with van der Waals surface area (Å²) in [5.74, 6) is -1.89. The molecule has 0 fully saturated rings. The van der Waals surface area contributed by atoms with E-state index in [0.717, 1.165) is 0 Å². The molecule has 1 amide bonds. The zero-order valence-corrected chi connectivity index (χ0v) is 14.8. The van der Waals surface area contributed by atoms with Gasteiger partial charge in [-0.3, -0.25) is 9.59 Å². The van der Waals surface area contributed by atoms with Crippen molar-refractivity contribution in [2.75, 3.05) is 6.54 Å². The van der Waals surface area contributed by atoms with Crippen LogP contribution in [0.5, 0.6) is 0 Å². The molecule has 1 heterocycles. The molecule has 5 nitrogen and oxygen atoms in total. The number of amides is 1. The molecule has 0 atom stereocenters. The lowest BCUT2D eigenvalue weighted by molar-refractivity contribution is -0.136. The first kappa shape index (κ1) is 19.0. The first-order chi connectivity index (χ1) is 11.8. The Labute approximate surface area is 150 Å². The van der Waals surface area contributed by atoms with Crippen LogP contribution >= 0.6 is 11.6 Å². The summed E-state index contributed by atoms with van der Waals surface area (Å²) in [5, 5.41) is 9.22. The van der Waals surface area contributed by atoms with Gasteiger partial charge in [0.25, 0.3) is 5.91 Å². The highest BCUT2D eigenvalue weighted by Gasteiger charge is 2.26. The highest BCUT2D eigenvalue weighted by Crippen LogP contribution is 2.24. The number of benzene rings is 1. The van der Waals surface area contributed by atoms with Crippen molar-refractivity contribution in [2.24, 2.45) is 0 Å². The molecule has 25 heavy (non-hydrogen) atoms. The zero-order valence-electron chi connectivity index (χ0n) is 14.0. The van der Waals surface area contributed by atoms with Gasteiger partial charge in [0.15, 0.2) is 0 Å². The summed E-state index contributed by atoms with van der Waals surface area (Å²) in [6.07, 6.45) is 1.62. The standard InChI is InChI=1S/C18H19ClFNO4/c1-3-7-21(9-12-13(19)5-4-6-14(12)20)18(24)17-11(2)10-25-15(17)8-16(22)23/h4-6,10H,3,7-9H2,1-2H3,(H,22,23). The van der Waals surface area contributed by atoms with Gasteiger partial charge in [-0.1, -0.05) is 24.6 Å². The molecule has 0 saturated heterocycles. The zero-order chi connectivity index (χ0) is 18.6. The van der Waals surface area contributed by atoms with E-state index in [2.05, 4.69) is 0 Å². The minimum Gasteiger partial charge on any atom is -0.481 e. The molecule has 2 aromatic rings. The number of carbonyl (C=O) groups is 2. The van der Waals surface area contributed by atoms with Crippen LogP contribution in [-0.4, -0.2) is 28.4 Å². The summed E-state index contributed by atoms with van der Waals surface area (Å²) in [6.45, 7) is 3.93. The van der Waals surface area contributed by atoms with E-state index in [1.54, 1.807) is 13.0 Å². The van der Waals surface area contributed by atoms with Gasteiger partial charge in [-0.05, 0) is 25.5 Å². The molecule has 0 aliphatic heterocycles. The lowest BCUT2D eigenvalue weighted by Gasteiger charge is -2.23. The number of aliphatic carboxylic acids is 1. The predicted molar refractivity (Wildman–Crippen MR) is 91.2 cm³/mol. The number of carboxylic acids is 1. The SMILES string of the molecule is CCCN(Cc1c(F)cccc1Cl)C(=O)c1c(C)coc1CC(=O)O. The summed E-state index contributed by atoms with van der Waals surface area (Å²) in [4.78, 5) is 25.4. The molecular weight excluding hydrogens is 349 g/mol. The molecule has 1 aromatic heterocycles. The first-order valence-corrected chi connectivity index (χ1v) is 8.23. The third-order valence-corrected chi connectivity index (χ3v) is 4.12. The van der Waals surface area contributed by atoms with E-state index in [1.165, 1.54) is 23.3 Å². The first-order valence-electron chi connectivity index (χ1n) is 7.86. The van der Waals surface area contributed by atoms with Crippen molar-refractivity contribution >= 4 is 23.5 Å². The molecule has 1 aromatic carbocycles. The van der Waals surface area contributed by atoms with E-state index in [0.29, 0.717) is 18.5 Å². The molecule has 0 unspecified atom stereocenters. The van der Waals surface area contributed by atoms with Crippen molar-refractivity contribution in [3.63, 3.8) is 0 Å². The molecule has 0 saturated carbocycles. The lowest BCUT2D eigenvalue weighted by Crippen LogP contribution is -2.32. The Kier molecular flexibility index (Phi) is 6.20. The van der Waals surface area contributed by atoms with E-state index in [1.807, 2.05) is 6.92 Å². The second-order valence-corrected chi connectivity index (χ2v) is 6.12. The van der Waals surface area contributed by atoms with Crippen LogP contribution in [0.1, 0.15) is 40.6 Å². The number of hydrogen-bond acceptors (Lipinski definition) is 3. The van der Waals surface area contributed by atoms with Crippen LogP contribution in [0.25, 0.3) is 0 Å². The summed E-state index contributed by atoms with van der Waals surface area (Å²) >= 11 is 6.06. The van der Waals surface area contributed by atoms with Crippen molar-refractivity contribution in [3.05, 3.63) is 57.8 Å². The maximum absolute atomic E-state index is 14.1. The van der Waals surface area contributed by atoms with Gasteiger partial charge in [0.1, 0.15) is 18.0 Å². The number of carboxylic acid groups (broad SMARTS) is 1. The van der Waals surface area contributed by atoms with Crippen LogP contribution in [-0.2, 0) is 17.8 Å². The Morgan fingerprint density at radius 1 is 1.36 bits per heavy atom. The maximum Gasteiger partial charge on any atom is 0.311 e. The van der Waals surface area contributed by atoms with Crippen LogP contribution in [0.15, 0.2) is 28.9 Å². The highest BCUT2D eigenvalue weighted by atomic mass is 35.5. The van der Waals surface area contributed by atoms with E-state index in [-0.39, 0.29) is 28.5 Å². The van der Waals surface area contributed by atoms with Gasteiger partial charge in [-0.25, -0.2) is 4.39 Å². The second-order valence-electron chi connectivity index (χ2n) is 5.71. The van der Waals surface area contributed by atoms with Crippen LogP contribution in [0.2, 0.25) is 5.02 Å². The molecule has 0 aliphatic rings. The number of halogens is 2. The molecule has 0 aliphatic carbocycles. The van der Waals surface area contributed by atoms with Gasteiger partial charge in [-0.15, -0.1) is 0 Å². The third-order valence-electron chi connectivity index (χ3n) is 3.77. The number of nitrogens with zero attached hydrogens (tertiary/aromatic N) is 1. The Bertz CT molecular complexity index is 767. The number of furan rings is 1.